The van der Waals surface area contributed by atoms with Crippen LogP contribution in [0.4, 0.5) is 4.39 Å². The number of H-pyrrole nitrogens is 1. The van der Waals surface area contributed by atoms with E-state index in [0.717, 1.165) is 31.2 Å². The van der Waals surface area contributed by atoms with Crippen molar-refractivity contribution in [2.45, 2.75) is 36.8 Å². The maximum absolute atomic E-state index is 13.5. The Bertz CT molecular complexity index is 1150. The van der Waals surface area contributed by atoms with Gasteiger partial charge in [0, 0.05) is 22.0 Å². The van der Waals surface area contributed by atoms with Crippen molar-refractivity contribution in [2.75, 3.05) is 6.61 Å². The van der Waals surface area contributed by atoms with E-state index in [1.54, 1.807) is 24.3 Å². The zero-order chi connectivity index (χ0) is 22.3. The highest BCUT2D eigenvalue weighted by Crippen LogP contribution is 2.67. The van der Waals surface area contributed by atoms with Crippen LogP contribution in [0.15, 0.2) is 42.5 Å². The quantitative estimate of drug-likeness (QED) is 0.508. The first kappa shape index (κ1) is 21.0. The van der Waals surface area contributed by atoms with Gasteiger partial charge in [-0.15, -0.1) is 0 Å². The minimum Gasteiger partial charge on any atom is -0.486 e. The van der Waals surface area contributed by atoms with Crippen LogP contribution in [0.2, 0.25) is 10.0 Å². The minimum atomic E-state index is -0.588. The lowest BCUT2D eigenvalue weighted by Crippen LogP contribution is -2.77. The predicted molar refractivity (Wildman–Crippen MR) is 115 cm³/mol. The molecule has 2 N–H and O–H groups in total. The van der Waals surface area contributed by atoms with Gasteiger partial charge in [0.1, 0.15) is 23.9 Å². The van der Waals surface area contributed by atoms with Crippen LogP contribution in [-0.4, -0.2) is 33.2 Å². The van der Waals surface area contributed by atoms with Crippen molar-refractivity contribution in [3.8, 4) is 11.5 Å². The molecular weight excluding hydrogens is 458 g/mol. The molecule has 3 saturated carbocycles. The van der Waals surface area contributed by atoms with Crippen molar-refractivity contribution in [3.05, 3.63) is 70.0 Å². The summed E-state index contributed by atoms with van der Waals surface area (Å²) in [6, 6.07) is 11.2. The van der Waals surface area contributed by atoms with Crippen molar-refractivity contribution < 1.29 is 18.7 Å². The van der Waals surface area contributed by atoms with Gasteiger partial charge in [-0.05, 0) is 55.7 Å². The molecule has 0 aliphatic heterocycles. The Balaban J connectivity index is 1.09. The topological polar surface area (TPSA) is 89.1 Å². The number of ether oxygens (including phenoxy) is 2. The van der Waals surface area contributed by atoms with Gasteiger partial charge in [0.05, 0.1) is 5.02 Å². The van der Waals surface area contributed by atoms with Crippen LogP contribution in [0.3, 0.4) is 0 Å². The Morgan fingerprint density at radius 3 is 2.53 bits per heavy atom. The second kappa shape index (κ2) is 7.94. The molecule has 3 aromatic rings. The van der Waals surface area contributed by atoms with E-state index < -0.39 is 5.82 Å². The molecule has 2 bridgehead atoms. The highest BCUT2D eigenvalue weighted by atomic mass is 35.5. The minimum absolute atomic E-state index is 0.00708. The summed E-state index contributed by atoms with van der Waals surface area (Å²) in [5.74, 6) is 1.50. The maximum atomic E-state index is 13.5. The molecule has 6 rings (SSSR count). The van der Waals surface area contributed by atoms with E-state index in [4.69, 9.17) is 32.7 Å². The number of hydrogen-bond acceptors (Lipinski definition) is 5. The number of rotatable bonds is 8. The van der Waals surface area contributed by atoms with Gasteiger partial charge in [0.15, 0.2) is 18.3 Å². The number of halogens is 3. The molecule has 0 unspecified atom stereocenters. The van der Waals surface area contributed by atoms with Gasteiger partial charge >= 0.3 is 0 Å². The lowest BCUT2D eigenvalue weighted by molar-refractivity contribution is -0.141. The van der Waals surface area contributed by atoms with E-state index >= 15 is 0 Å². The lowest BCUT2D eigenvalue weighted by atomic mass is 9.39. The number of hydrogen-bond donors (Lipinski definition) is 2. The molecule has 7 nitrogen and oxygen atoms in total. The standard InChI is InChI=1S/C22H19Cl2FN4O3/c23-13-1-3-14(4-2-13)31-8-18-26-20(29-28-18)21-10-22(11-21,12-21)27-19(30)9-32-15-5-6-16(24)17(25)7-15/h1-7H,8-12H2,(H,27,30)(H,26,28,29). The van der Waals surface area contributed by atoms with E-state index in [1.165, 1.54) is 12.1 Å². The number of nitrogens with zero attached hydrogens (tertiary/aromatic N) is 2. The summed E-state index contributed by atoms with van der Waals surface area (Å²) in [6.45, 7) is 0.0812. The van der Waals surface area contributed by atoms with Crippen LogP contribution in [0, 0.1) is 5.82 Å². The van der Waals surface area contributed by atoms with Crippen LogP contribution in [0.1, 0.15) is 30.9 Å². The van der Waals surface area contributed by atoms with Gasteiger partial charge in [-0.3, -0.25) is 9.89 Å². The molecule has 10 heteroatoms. The molecule has 0 spiro atoms. The van der Waals surface area contributed by atoms with E-state index in [0.29, 0.717) is 16.6 Å². The average molecular weight is 477 g/mol. The number of amides is 1. The zero-order valence-electron chi connectivity index (χ0n) is 16.8. The highest BCUT2D eigenvalue weighted by molar-refractivity contribution is 6.30. The molecule has 166 valence electrons. The molecule has 3 aliphatic carbocycles. The van der Waals surface area contributed by atoms with E-state index in [2.05, 4.69) is 20.5 Å². The molecule has 0 radical (unpaired) electrons. The summed E-state index contributed by atoms with van der Waals surface area (Å²) in [5, 5.41) is 11.0. The molecule has 0 atom stereocenters. The molecule has 2 aromatic carbocycles. The number of carbonyl (C=O) groups excluding carboxylic acids is 1. The molecular formula is C22H19Cl2FN4O3. The number of nitrogens with one attached hydrogen (secondary N) is 2. The Hall–Kier alpha value is -2.84. The van der Waals surface area contributed by atoms with E-state index in [9.17, 15) is 9.18 Å². The van der Waals surface area contributed by atoms with Crippen molar-refractivity contribution in [3.63, 3.8) is 0 Å². The molecule has 1 heterocycles. The largest absolute Gasteiger partial charge is 0.486 e. The summed E-state index contributed by atoms with van der Waals surface area (Å²) >= 11 is 11.5. The molecule has 0 saturated heterocycles. The van der Waals surface area contributed by atoms with Gasteiger partial charge in [-0.25, -0.2) is 9.37 Å². The van der Waals surface area contributed by atoms with E-state index in [-0.39, 0.29) is 40.8 Å². The monoisotopic (exact) mass is 476 g/mol. The number of aromatic amines is 1. The highest BCUT2D eigenvalue weighted by Gasteiger charge is 2.71. The van der Waals surface area contributed by atoms with Crippen LogP contribution in [0.25, 0.3) is 0 Å². The number of carbonyl (C=O) groups is 1. The van der Waals surface area contributed by atoms with Gasteiger partial charge in [-0.1, -0.05) is 23.2 Å². The first-order valence-corrected chi connectivity index (χ1v) is 10.8. The smallest absolute Gasteiger partial charge is 0.258 e. The van der Waals surface area contributed by atoms with Crippen molar-refractivity contribution >= 4 is 29.1 Å². The number of aromatic nitrogens is 3. The fourth-order valence-electron chi connectivity index (χ4n) is 4.48. The first-order chi connectivity index (χ1) is 15.3. The third kappa shape index (κ3) is 4.00. The fraction of sp³-hybridized carbons (Fsp3) is 0.318. The number of benzene rings is 2. The first-order valence-electron chi connectivity index (χ1n) is 10.0. The summed E-state index contributed by atoms with van der Waals surface area (Å²) in [4.78, 5) is 16.8. The van der Waals surface area contributed by atoms with Gasteiger partial charge in [-0.2, -0.15) is 5.10 Å². The van der Waals surface area contributed by atoms with E-state index in [1.807, 2.05) is 0 Å². The van der Waals surface area contributed by atoms with Crippen LogP contribution >= 0.6 is 23.2 Å². The van der Waals surface area contributed by atoms with Crippen LogP contribution in [0.5, 0.6) is 11.5 Å². The maximum Gasteiger partial charge on any atom is 0.258 e. The summed E-state index contributed by atoms with van der Waals surface area (Å²) in [6.07, 6.45) is 2.32. The van der Waals surface area contributed by atoms with Crippen molar-refractivity contribution in [1.82, 2.24) is 20.5 Å². The van der Waals surface area contributed by atoms with Gasteiger partial charge < -0.3 is 14.8 Å². The summed E-state index contributed by atoms with van der Waals surface area (Å²) in [7, 11) is 0. The average Bonchev–Trinajstić information content (AvgIpc) is 3.19. The predicted octanol–water partition coefficient (Wildman–Crippen LogP) is 4.20. The third-order valence-corrected chi connectivity index (χ3v) is 6.45. The fourth-order valence-corrected chi connectivity index (χ4v) is 4.73. The second-order valence-electron chi connectivity index (χ2n) is 8.35. The molecule has 3 fully saturated rings. The Morgan fingerprint density at radius 2 is 1.81 bits per heavy atom. The zero-order valence-corrected chi connectivity index (χ0v) is 18.3. The van der Waals surface area contributed by atoms with Crippen molar-refractivity contribution in [1.29, 1.82) is 0 Å². The molecule has 32 heavy (non-hydrogen) atoms. The van der Waals surface area contributed by atoms with Gasteiger partial charge in [0.2, 0.25) is 0 Å². The second-order valence-corrected chi connectivity index (χ2v) is 9.20. The van der Waals surface area contributed by atoms with Gasteiger partial charge in [0.25, 0.3) is 5.91 Å². The van der Waals surface area contributed by atoms with Crippen molar-refractivity contribution in [2.24, 2.45) is 0 Å². The van der Waals surface area contributed by atoms with Crippen LogP contribution < -0.4 is 14.8 Å². The third-order valence-electron chi connectivity index (χ3n) is 5.89. The van der Waals surface area contributed by atoms with Crippen LogP contribution in [-0.2, 0) is 16.8 Å². The molecule has 1 amide bonds. The SMILES string of the molecule is O=C(COc1ccc(Cl)c(F)c1)NC12CC(c3n[nH]c(COc4ccc(Cl)cc4)n3)(C1)C2. The molecule has 1 aromatic heterocycles. The Morgan fingerprint density at radius 1 is 1.09 bits per heavy atom. The summed E-state index contributed by atoms with van der Waals surface area (Å²) < 4.78 is 24.5. The summed E-state index contributed by atoms with van der Waals surface area (Å²) in [5.41, 5.74) is -0.352. The Labute approximate surface area is 193 Å². The lowest BCUT2D eigenvalue weighted by Gasteiger charge is -2.69. The molecule has 3 aliphatic rings. The Kier molecular flexibility index (Phi) is 5.22. The normalized spacial score (nSPS) is 23.1.